The summed E-state index contributed by atoms with van der Waals surface area (Å²) in [5.41, 5.74) is 4.69. The number of aryl methyl sites for hydroxylation is 3. The van der Waals surface area contributed by atoms with E-state index < -0.39 is 0 Å². The molecule has 0 heterocycles. The fraction of sp³-hybridized carbons (Fsp3) is 0.500. The number of hydrogen-bond donors (Lipinski definition) is 0. The van der Waals surface area contributed by atoms with Crippen molar-refractivity contribution in [2.45, 2.75) is 32.1 Å². The summed E-state index contributed by atoms with van der Waals surface area (Å²) in [4.78, 5) is 0. The van der Waals surface area contributed by atoms with Crippen molar-refractivity contribution in [2.24, 2.45) is 0 Å². The fourth-order valence-corrected chi connectivity index (χ4v) is 2.22. The van der Waals surface area contributed by atoms with Crippen LogP contribution in [0.25, 0.3) is 0 Å². The highest BCUT2D eigenvalue weighted by molar-refractivity contribution is 9.09. The number of alkyl halides is 1. The molecule has 0 N–H and O–H groups in total. The minimum atomic E-state index is 1.14. The maximum atomic E-state index is 3.46. The zero-order valence-electron chi connectivity index (χ0n) is 7.85. The Kier molecular flexibility index (Phi) is 3.05. The first kappa shape index (κ1) is 9.26. The van der Waals surface area contributed by atoms with Gasteiger partial charge in [-0.25, -0.2) is 0 Å². The van der Waals surface area contributed by atoms with E-state index in [1.54, 1.807) is 11.1 Å². The van der Waals surface area contributed by atoms with Crippen molar-refractivity contribution in [3.63, 3.8) is 0 Å². The molecule has 0 spiro atoms. The van der Waals surface area contributed by atoms with E-state index in [-0.39, 0.29) is 0 Å². The summed E-state index contributed by atoms with van der Waals surface area (Å²) in [6, 6.07) is 7.00. The molecule has 1 aromatic rings. The third-order valence-corrected chi connectivity index (χ3v) is 3.34. The average Bonchev–Trinajstić information content (AvgIpc) is 2.10. The topological polar surface area (TPSA) is 0 Å². The Morgan fingerprint density at radius 3 is 2.54 bits per heavy atom. The molecule has 0 saturated carbocycles. The van der Waals surface area contributed by atoms with Crippen molar-refractivity contribution in [1.82, 2.24) is 0 Å². The van der Waals surface area contributed by atoms with Gasteiger partial charge in [0.1, 0.15) is 0 Å². The highest BCUT2D eigenvalue weighted by Gasteiger charge is 2.12. The molecular weight excluding hydrogens is 224 g/mol. The van der Waals surface area contributed by atoms with Gasteiger partial charge in [0.05, 0.1) is 0 Å². The highest BCUT2D eigenvalue weighted by atomic mass is 79.9. The van der Waals surface area contributed by atoms with Crippen LogP contribution < -0.4 is 0 Å². The first-order valence-electron chi connectivity index (χ1n) is 5.07. The molecule has 1 aliphatic carbocycles. The van der Waals surface area contributed by atoms with Gasteiger partial charge >= 0.3 is 0 Å². The van der Waals surface area contributed by atoms with Gasteiger partial charge in [-0.3, -0.25) is 0 Å². The predicted molar refractivity (Wildman–Crippen MR) is 60.6 cm³/mol. The molecule has 2 rings (SSSR count). The minimum Gasteiger partial charge on any atom is -0.0928 e. The Balaban J connectivity index is 1.93. The Bertz CT molecular complexity index is 291. The number of hydrogen-bond acceptors (Lipinski definition) is 0. The fourth-order valence-electron chi connectivity index (χ4n) is 1.83. The first-order valence-corrected chi connectivity index (χ1v) is 6.19. The normalized spacial score (nSPS) is 13.6. The lowest BCUT2D eigenvalue weighted by molar-refractivity contribution is 0.789. The molecule has 0 atom stereocenters. The van der Waals surface area contributed by atoms with E-state index in [0.717, 1.165) is 5.33 Å². The zero-order valence-corrected chi connectivity index (χ0v) is 9.44. The van der Waals surface area contributed by atoms with Crippen molar-refractivity contribution in [1.29, 1.82) is 0 Å². The number of benzene rings is 1. The number of rotatable bonds is 4. The van der Waals surface area contributed by atoms with Gasteiger partial charge in [-0.05, 0) is 48.8 Å². The van der Waals surface area contributed by atoms with Crippen molar-refractivity contribution >= 4 is 15.9 Å². The number of halogens is 1. The molecule has 1 heteroatoms. The van der Waals surface area contributed by atoms with Gasteiger partial charge in [0.2, 0.25) is 0 Å². The largest absolute Gasteiger partial charge is 0.0928 e. The summed E-state index contributed by atoms with van der Waals surface area (Å²) in [6.07, 6.45) is 6.46. The van der Waals surface area contributed by atoms with Crippen LogP contribution in [0.15, 0.2) is 18.2 Å². The summed E-state index contributed by atoms with van der Waals surface area (Å²) in [5, 5.41) is 1.14. The quantitative estimate of drug-likeness (QED) is 0.557. The van der Waals surface area contributed by atoms with E-state index in [2.05, 4.69) is 34.1 Å². The van der Waals surface area contributed by atoms with Crippen molar-refractivity contribution in [2.75, 3.05) is 5.33 Å². The van der Waals surface area contributed by atoms with Crippen LogP contribution in [0.4, 0.5) is 0 Å². The predicted octanol–water partition coefficient (Wildman–Crippen LogP) is 3.50. The zero-order chi connectivity index (χ0) is 9.10. The molecule has 0 nitrogen and oxygen atoms in total. The lowest BCUT2D eigenvalue weighted by atomic mass is 9.86. The SMILES string of the molecule is BrCCCCc1ccc2c(c1)CC2. The van der Waals surface area contributed by atoms with Crippen molar-refractivity contribution < 1.29 is 0 Å². The summed E-state index contributed by atoms with van der Waals surface area (Å²) >= 11 is 3.46. The van der Waals surface area contributed by atoms with Crippen LogP contribution in [0.5, 0.6) is 0 Å². The molecule has 0 aromatic heterocycles. The third-order valence-electron chi connectivity index (χ3n) is 2.78. The van der Waals surface area contributed by atoms with E-state index in [1.165, 1.54) is 37.7 Å². The van der Waals surface area contributed by atoms with Gasteiger partial charge in [-0.15, -0.1) is 0 Å². The van der Waals surface area contributed by atoms with Crippen molar-refractivity contribution in [3.8, 4) is 0 Å². The lowest BCUT2D eigenvalue weighted by Gasteiger charge is -2.19. The molecule has 0 radical (unpaired) electrons. The monoisotopic (exact) mass is 238 g/mol. The molecule has 0 unspecified atom stereocenters. The third kappa shape index (κ3) is 2.14. The highest BCUT2D eigenvalue weighted by Crippen LogP contribution is 2.24. The molecule has 0 aliphatic heterocycles. The van der Waals surface area contributed by atoms with Gasteiger partial charge in [-0.1, -0.05) is 34.1 Å². The van der Waals surface area contributed by atoms with Gasteiger partial charge in [0, 0.05) is 5.33 Å². The summed E-state index contributed by atoms with van der Waals surface area (Å²) in [7, 11) is 0. The molecule has 0 bridgehead atoms. The van der Waals surface area contributed by atoms with Gasteiger partial charge in [-0.2, -0.15) is 0 Å². The van der Waals surface area contributed by atoms with Crippen LogP contribution in [0, 0.1) is 0 Å². The van der Waals surface area contributed by atoms with Crippen LogP contribution in [0.1, 0.15) is 29.5 Å². The Morgan fingerprint density at radius 1 is 1.08 bits per heavy atom. The summed E-state index contributed by atoms with van der Waals surface area (Å²) in [6.45, 7) is 0. The summed E-state index contributed by atoms with van der Waals surface area (Å²) in [5.74, 6) is 0. The van der Waals surface area contributed by atoms with E-state index in [0.29, 0.717) is 0 Å². The first-order chi connectivity index (χ1) is 6.40. The molecule has 0 amide bonds. The number of fused-ring (bicyclic) bond motifs is 1. The molecule has 1 aliphatic rings. The van der Waals surface area contributed by atoms with Crippen LogP contribution in [0.3, 0.4) is 0 Å². The molecule has 1 aromatic carbocycles. The van der Waals surface area contributed by atoms with Crippen molar-refractivity contribution in [3.05, 3.63) is 34.9 Å². The van der Waals surface area contributed by atoms with E-state index in [1.807, 2.05) is 0 Å². The maximum absolute atomic E-state index is 3.46. The number of unbranched alkanes of at least 4 members (excludes halogenated alkanes) is 1. The van der Waals surface area contributed by atoms with Crippen LogP contribution >= 0.6 is 15.9 Å². The van der Waals surface area contributed by atoms with Gasteiger partial charge in [0.15, 0.2) is 0 Å². The van der Waals surface area contributed by atoms with E-state index in [4.69, 9.17) is 0 Å². The van der Waals surface area contributed by atoms with E-state index >= 15 is 0 Å². The Morgan fingerprint density at radius 2 is 1.92 bits per heavy atom. The van der Waals surface area contributed by atoms with Crippen LogP contribution in [0.2, 0.25) is 0 Å². The Hall–Kier alpha value is -0.300. The van der Waals surface area contributed by atoms with E-state index in [9.17, 15) is 0 Å². The smallest absolute Gasteiger partial charge is 0.00314 e. The average molecular weight is 239 g/mol. The second-order valence-electron chi connectivity index (χ2n) is 3.75. The van der Waals surface area contributed by atoms with Crippen LogP contribution in [-0.2, 0) is 19.3 Å². The molecule has 0 saturated heterocycles. The molecule has 13 heavy (non-hydrogen) atoms. The second kappa shape index (κ2) is 4.28. The Labute approximate surface area is 88.5 Å². The second-order valence-corrected chi connectivity index (χ2v) is 4.54. The lowest BCUT2D eigenvalue weighted by Crippen LogP contribution is -2.08. The van der Waals surface area contributed by atoms with Gasteiger partial charge in [0.25, 0.3) is 0 Å². The molecule has 0 fully saturated rings. The minimum absolute atomic E-state index is 1.14. The molecular formula is C12H15Br. The van der Waals surface area contributed by atoms with Gasteiger partial charge < -0.3 is 0 Å². The molecule has 70 valence electrons. The summed E-state index contributed by atoms with van der Waals surface area (Å²) < 4.78 is 0. The van der Waals surface area contributed by atoms with Crippen LogP contribution in [-0.4, -0.2) is 5.33 Å². The maximum Gasteiger partial charge on any atom is 0.00314 e. The standard InChI is InChI=1S/C12H15Br/c13-8-2-1-3-10-4-5-11-6-7-12(11)9-10/h4-5,9H,1-3,6-8H2.